The largest absolute Gasteiger partial charge is 0.382 e. The Bertz CT molecular complexity index is 74.9. The van der Waals surface area contributed by atoms with Gasteiger partial charge in [-0.05, 0) is 10.2 Å². The third kappa shape index (κ3) is 0.453. The summed E-state index contributed by atoms with van der Waals surface area (Å²) in [4.78, 5) is 0. The van der Waals surface area contributed by atoms with Gasteiger partial charge in [0.1, 0.15) is 0 Å². The minimum atomic E-state index is 1.28. The van der Waals surface area contributed by atoms with Gasteiger partial charge in [0.05, 0.1) is 10.2 Å². The summed E-state index contributed by atoms with van der Waals surface area (Å²) in [6.07, 6.45) is 2.56. The lowest BCUT2D eigenvalue weighted by molar-refractivity contribution is 1.06. The summed E-state index contributed by atoms with van der Waals surface area (Å²) >= 11 is 0. The summed E-state index contributed by atoms with van der Waals surface area (Å²) in [5.41, 5.74) is 0. The normalized spacial score (nSPS) is 16.0. The van der Waals surface area contributed by atoms with Crippen LogP contribution in [0.25, 0.3) is 0 Å². The molecule has 1 aliphatic rings. The van der Waals surface area contributed by atoms with E-state index < -0.39 is 0 Å². The van der Waals surface area contributed by atoms with Gasteiger partial charge in [0.15, 0.2) is 0 Å². The van der Waals surface area contributed by atoms with E-state index in [9.17, 15) is 0 Å². The van der Waals surface area contributed by atoms with Crippen LogP contribution in [-0.2, 0) is 0 Å². The molecule has 0 amide bonds. The first kappa shape index (κ1) is 3.14. The van der Waals surface area contributed by atoms with Crippen molar-refractivity contribution in [2.75, 3.05) is 0 Å². The lowest BCUT2D eigenvalue weighted by Gasteiger charge is -1.60. The van der Waals surface area contributed by atoms with Crippen molar-refractivity contribution in [1.29, 1.82) is 0 Å². The molecule has 4 heteroatoms. The molecule has 1 aliphatic heterocycles. The van der Waals surface area contributed by atoms with E-state index in [0.29, 0.717) is 0 Å². The highest BCUT2D eigenvalue weighted by molar-refractivity contribution is 5.63. The Labute approximate surface area is 34.3 Å². The average Bonchev–Trinajstić information content (AvgIpc) is 1.72. The van der Waals surface area contributed by atoms with Crippen molar-refractivity contribution in [1.82, 2.24) is 5.10 Å². The molecule has 0 spiro atoms. The van der Waals surface area contributed by atoms with Gasteiger partial charge < -0.3 is 0 Å². The fourth-order valence-electron chi connectivity index (χ4n) is 0.165. The first-order chi connectivity index (χ1) is 3.00. The van der Waals surface area contributed by atoms with Crippen molar-refractivity contribution < 1.29 is 0 Å². The minimum absolute atomic E-state index is 1.28. The van der Waals surface area contributed by atoms with E-state index in [4.69, 9.17) is 0 Å². The van der Waals surface area contributed by atoms with E-state index in [1.54, 1.807) is 0 Å². The standard InChI is InChI=1S/C2H2N4/c1-3-5-2-6-4-1/h1-2H/q+1. The molecule has 0 N–H and O–H groups in total. The molecule has 29 valence electrons. The van der Waals surface area contributed by atoms with Crippen LogP contribution in [0.2, 0.25) is 0 Å². The van der Waals surface area contributed by atoms with Crippen LogP contribution in [0.4, 0.5) is 0 Å². The van der Waals surface area contributed by atoms with E-state index in [1.807, 2.05) is 0 Å². The van der Waals surface area contributed by atoms with E-state index in [-0.39, 0.29) is 0 Å². The number of azo groups is 1. The third-order valence-corrected chi connectivity index (χ3v) is 0.340. The fourth-order valence-corrected chi connectivity index (χ4v) is 0.165. The molecule has 0 saturated heterocycles. The van der Waals surface area contributed by atoms with Gasteiger partial charge in [-0.15, -0.1) is 0 Å². The molecular formula is C2H2N4+. The summed E-state index contributed by atoms with van der Waals surface area (Å²) in [6, 6.07) is 0. The van der Waals surface area contributed by atoms with Gasteiger partial charge in [-0.2, -0.15) is 0 Å². The van der Waals surface area contributed by atoms with Gasteiger partial charge in [0, 0.05) is 0 Å². The van der Waals surface area contributed by atoms with E-state index in [0.717, 1.165) is 0 Å². The first-order valence-corrected chi connectivity index (χ1v) is 1.43. The maximum atomic E-state index is 3.36. The van der Waals surface area contributed by atoms with Crippen molar-refractivity contribution >= 4 is 12.7 Å². The molecule has 0 fully saturated rings. The molecule has 0 aliphatic carbocycles. The van der Waals surface area contributed by atoms with Crippen molar-refractivity contribution in [3.63, 3.8) is 0 Å². The van der Waals surface area contributed by atoms with Crippen LogP contribution in [-0.4, -0.2) is 12.7 Å². The average molecular weight is 82.1 g/mol. The van der Waals surface area contributed by atoms with Gasteiger partial charge in [-0.1, -0.05) is 0 Å². The molecule has 1 rings (SSSR count). The Morgan fingerprint density at radius 1 is 1.33 bits per heavy atom. The van der Waals surface area contributed by atoms with Gasteiger partial charge in [-0.25, -0.2) is 0 Å². The Hall–Kier alpha value is -1.06. The molecule has 0 saturated carbocycles. The van der Waals surface area contributed by atoms with Gasteiger partial charge in [0.2, 0.25) is 6.34 Å². The highest BCUT2D eigenvalue weighted by Gasteiger charge is 1.84. The van der Waals surface area contributed by atoms with E-state index in [2.05, 4.69) is 20.4 Å². The maximum absolute atomic E-state index is 3.36. The zero-order chi connectivity index (χ0) is 4.24. The maximum Gasteiger partial charge on any atom is 0.382 e. The van der Waals surface area contributed by atoms with Crippen LogP contribution >= 0.6 is 0 Å². The molecule has 1 radical (unpaired) electrons. The van der Waals surface area contributed by atoms with Crippen LogP contribution in [0.15, 0.2) is 15.3 Å². The lowest BCUT2D eigenvalue weighted by atomic mass is 11.2. The number of nitrogens with zero attached hydrogens (tertiary/aromatic N) is 4. The van der Waals surface area contributed by atoms with E-state index >= 15 is 0 Å². The second-order valence-electron chi connectivity index (χ2n) is 0.693. The molecule has 1 heterocycles. The van der Waals surface area contributed by atoms with Crippen molar-refractivity contribution in [3.8, 4) is 0 Å². The van der Waals surface area contributed by atoms with Crippen molar-refractivity contribution in [2.24, 2.45) is 15.3 Å². The van der Waals surface area contributed by atoms with Crippen LogP contribution in [0, 0.1) is 0 Å². The summed E-state index contributed by atoms with van der Waals surface area (Å²) in [6.45, 7) is 0. The highest BCUT2D eigenvalue weighted by atomic mass is 15.3. The SMILES string of the molecule is C1=N[N+]=CN=N1. The van der Waals surface area contributed by atoms with Gasteiger partial charge in [-0.3, -0.25) is 0 Å². The molecule has 0 atom stereocenters. The minimum Gasteiger partial charge on any atom is -0.0206 e. The first-order valence-electron chi connectivity index (χ1n) is 1.43. The van der Waals surface area contributed by atoms with Gasteiger partial charge >= 0.3 is 6.34 Å². The van der Waals surface area contributed by atoms with Crippen LogP contribution in [0.1, 0.15) is 0 Å². The van der Waals surface area contributed by atoms with Crippen molar-refractivity contribution in [3.05, 3.63) is 0 Å². The second kappa shape index (κ2) is 1.40. The molecule has 4 nitrogen and oxygen atoms in total. The summed E-state index contributed by atoms with van der Waals surface area (Å²) in [5, 5.41) is 13.4. The monoisotopic (exact) mass is 82.0 g/mol. The summed E-state index contributed by atoms with van der Waals surface area (Å²) in [7, 11) is 0. The Morgan fingerprint density at radius 2 is 2.33 bits per heavy atom. The summed E-state index contributed by atoms with van der Waals surface area (Å²) in [5.74, 6) is 0. The highest BCUT2D eigenvalue weighted by Crippen LogP contribution is 1.67. The van der Waals surface area contributed by atoms with Crippen LogP contribution in [0.5, 0.6) is 0 Å². The Balaban J connectivity index is 2.77. The zero-order valence-corrected chi connectivity index (χ0v) is 2.94. The molecule has 0 aromatic heterocycles. The quantitative estimate of drug-likeness (QED) is 0.387. The predicted molar refractivity (Wildman–Crippen MR) is 21.5 cm³/mol. The molecular weight excluding hydrogens is 80.1 g/mol. The Kier molecular flexibility index (Phi) is 0.731. The van der Waals surface area contributed by atoms with Crippen LogP contribution in [0.3, 0.4) is 0 Å². The molecule has 0 aromatic carbocycles. The fraction of sp³-hybridized carbons (Fsp3) is 0. The topological polar surface area (TPSA) is 51.2 Å². The smallest absolute Gasteiger partial charge is 0.0206 e. The number of rotatable bonds is 0. The predicted octanol–water partition coefficient (Wildman–Crippen LogP) is -0.240. The van der Waals surface area contributed by atoms with Crippen molar-refractivity contribution in [2.45, 2.75) is 0 Å². The zero-order valence-electron chi connectivity index (χ0n) is 2.94. The number of hydrogen-bond acceptors (Lipinski definition) is 4. The number of hydrogen-bond donors (Lipinski definition) is 0. The molecule has 0 bridgehead atoms. The third-order valence-electron chi connectivity index (χ3n) is 0.340. The van der Waals surface area contributed by atoms with E-state index in [1.165, 1.54) is 12.7 Å². The molecule has 0 aromatic rings. The second-order valence-corrected chi connectivity index (χ2v) is 0.693. The van der Waals surface area contributed by atoms with Gasteiger partial charge in [0.25, 0.3) is 0 Å². The summed E-state index contributed by atoms with van der Waals surface area (Å²) < 4.78 is 0. The Morgan fingerprint density at radius 3 is 2.50 bits per heavy atom. The van der Waals surface area contributed by atoms with Crippen LogP contribution < -0.4 is 5.10 Å². The molecule has 6 heavy (non-hydrogen) atoms. The molecule has 0 unspecified atom stereocenters. The lowest BCUT2D eigenvalue weighted by Crippen LogP contribution is -1.83.